The number of likely N-dealkylation sites (N-methyl/N-ethyl adjacent to an activating group) is 1. The van der Waals surface area contributed by atoms with Crippen LogP contribution >= 0.6 is 0 Å². The van der Waals surface area contributed by atoms with Crippen molar-refractivity contribution in [3.05, 3.63) is 59.7 Å². The van der Waals surface area contributed by atoms with E-state index in [1.807, 2.05) is 36.4 Å². The second kappa shape index (κ2) is 10.9. The van der Waals surface area contributed by atoms with Crippen molar-refractivity contribution in [3.63, 3.8) is 0 Å². The number of alkyl carbamates (subject to hydrolysis) is 1. The van der Waals surface area contributed by atoms with E-state index in [0.717, 1.165) is 35.1 Å². The first kappa shape index (κ1) is 24.7. The molecule has 1 saturated carbocycles. The largest absolute Gasteiger partial charge is 0.481 e. The Balaban J connectivity index is 1.40. The van der Waals surface area contributed by atoms with E-state index in [9.17, 15) is 19.5 Å². The maximum Gasteiger partial charge on any atom is 0.407 e. The van der Waals surface area contributed by atoms with Crippen LogP contribution < -0.4 is 10.6 Å². The molecule has 35 heavy (non-hydrogen) atoms. The molecule has 2 aromatic rings. The lowest BCUT2D eigenvalue weighted by molar-refractivity contribution is -0.144. The molecule has 4 rings (SSSR count). The monoisotopic (exact) mass is 479 g/mol. The van der Waals surface area contributed by atoms with Crippen molar-refractivity contribution in [2.75, 3.05) is 27.2 Å². The Morgan fingerprint density at radius 3 is 2.20 bits per heavy atom. The number of nitrogens with zero attached hydrogens (tertiary/aromatic N) is 1. The van der Waals surface area contributed by atoms with Crippen LogP contribution in [-0.2, 0) is 14.3 Å². The average molecular weight is 480 g/mol. The minimum atomic E-state index is -0.899. The summed E-state index contributed by atoms with van der Waals surface area (Å²) in [4.78, 5) is 39.2. The molecule has 3 N–H and O–H groups in total. The Bertz CT molecular complexity index is 1040. The second-order valence-electron chi connectivity index (χ2n) is 9.63. The highest BCUT2D eigenvalue weighted by molar-refractivity contribution is 5.87. The van der Waals surface area contributed by atoms with E-state index in [4.69, 9.17) is 4.74 Å². The summed E-state index contributed by atoms with van der Waals surface area (Å²) < 4.78 is 5.61. The van der Waals surface area contributed by atoms with Gasteiger partial charge in [0.1, 0.15) is 12.6 Å². The molecule has 0 bridgehead atoms. The van der Waals surface area contributed by atoms with E-state index >= 15 is 0 Å². The van der Waals surface area contributed by atoms with Gasteiger partial charge in [-0.1, -0.05) is 61.4 Å². The lowest BCUT2D eigenvalue weighted by atomic mass is 9.84. The number of carboxylic acids is 1. The molecular weight excluding hydrogens is 446 g/mol. The van der Waals surface area contributed by atoms with Gasteiger partial charge in [-0.15, -0.1) is 0 Å². The van der Waals surface area contributed by atoms with E-state index < -0.39 is 36.0 Å². The van der Waals surface area contributed by atoms with E-state index in [0.29, 0.717) is 12.8 Å². The normalized spacial score (nSPS) is 20.0. The number of carboxylic acid groups (broad SMARTS) is 1. The van der Waals surface area contributed by atoms with E-state index in [2.05, 4.69) is 22.8 Å². The van der Waals surface area contributed by atoms with Crippen molar-refractivity contribution in [1.29, 1.82) is 0 Å². The number of fused-ring (bicyclic) bond motifs is 3. The van der Waals surface area contributed by atoms with Crippen molar-refractivity contribution in [2.24, 2.45) is 5.92 Å². The minimum Gasteiger partial charge on any atom is -0.481 e. The SMILES string of the molecule is CN(C)CC(NC(=O)OCC1c2ccccc2-c2ccccc21)C(=O)N[C@@H]1CCCC[C@@H]1C(=O)O. The second-order valence-corrected chi connectivity index (χ2v) is 9.63. The Kier molecular flexibility index (Phi) is 7.70. The highest BCUT2D eigenvalue weighted by Gasteiger charge is 2.34. The molecule has 8 nitrogen and oxygen atoms in total. The third-order valence-electron chi connectivity index (χ3n) is 6.91. The van der Waals surface area contributed by atoms with Crippen LogP contribution in [0.25, 0.3) is 11.1 Å². The van der Waals surface area contributed by atoms with Gasteiger partial charge in [-0.05, 0) is 49.2 Å². The van der Waals surface area contributed by atoms with Gasteiger partial charge in [0, 0.05) is 18.5 Å². The van der Waals surface area contributed by atoms with Gasteiger partial charge < -0.3 is 25.4 Å². The van der Waals surface area contributed by atoms with Crippen molar-refractivity contribution >= 4 is 18.0 Å². The zero-order chi connectivity index (χ0) is 24.9. The highest BCUT2D eigenvalue weighted by Crippen LogP contribution is 2.44. The van der Waals surface area contributed by atoms with E-state index in [1.165, 1.54) is 0 Å². The fourth-order valence-electron chi connectivity index (χ4n) is 5.22. The number of amides is 2. The van der Waals surface area contributed by atoms with Gasteiger partial charge in [-0.25, -0.2) is 4.79 Å². The molecule has 2 amide bonds. The third-order valence-corrected chi connectivity index (χ3v) is 6.91. The van der Waals surface area contributed by atoms with Crippen molar-refractivity contribution in [2.45, 2.75) is 43.7 Å². The van der Waals surface area contributed by atoms with E-state index in [-0.39, 0.29) is 19.1 Å². The van der Waals surface area contributed by atoms with Crippen LogP contribution in [0, 0.1) is 5.92 Å². The molecule has 0 aromatic heterocycles. The van der Waals surface area contributed by atoms with Gasteiger partial charge in [0.2, 0.25) is 5.91 Å². The van der Waals surface area contributed by atoms with Crippen molar-refractivity contribution < 1.29 is 24.2 Å². The summed E-state index contributed by atoms with van der Waals surface area (Å²) >= 11 is 0. The number of hydrogen-bond donors (Lipinski definition) is 3. The van der Waals surface area contributed by atoms with Crippen LogP contribution in [-0.4, -0.2) is 67.3 Å². The summed E-state index contributed by atoms with van der Waals surface area (Å²) in [5, 5.41) is 15.1. The predicted molar refractivity (Wildman–Crippen MR) is 132 cm³/mol. The molecule has 2 aliphatic carbocycles. The summed E-state index contributed by atoms with van der Waals surface area (Å²) in [6, 6.07) is 14.9. The zero-order valence-electron chi connectivity index (χ0n) is 20.2. The highest BCUT2D eigenvalue weighted by atomic mass is 16.5. The average Bonchev–Trinajstić information content (AvgIpc) is 3.16. The van der Waals surface area contributed by atoms with Gasteiger partial charge in [-0.2, -0.15) is 0 Å². The Morgan fingerprint density at radius 1 is 1.00 bits per heavy atom. The molecule has 186 valence electrons. The van der Waals surface area contributed by atoms with Gasteiger partial charge in [-0.3, -0.25) is 9.59 Å². The summed E-state index contributed by atoms with van der Waals surface area (Å²) in [7, 11) is 3.61. The first-order valence-electron chi connectivity index (χ1n) is 12.1. The molecule has 0 spiro atoms. The fourth-order valence-corrected chi connectivity index (χ4v) is 5.22. The predicted octanol–water partition coefficient (Wildman–Crippen LogP) is 3.21. The number of rotatable bonds is 8. The number of nitrogens with one attached hydrogen (secondary N) is 2. The molecule has 1 unspecified atom stereocenters. The zero-order valence-corrected chi connectivity index (χ0v) is 20.2. The first-order valence-corrected chi connectivity index (χ1v) is 12.1. The fraction of sp³-hybridized carbons (Fsp3) is 0.444. The maximum absolute atomic E-state index is 13.0. The Hall–Kier alpha value is -3.39. The molecule has 2 aromatic carbocycles. The molecule has 0 heterocycles. The smallest absolute Gasteiger partial charge is 0.407 e. The number of benzene rings is 2. The molecule has 1 fully saturated rings. The molecule has 0 radical (unpaired) electrons. The van der Waals surface area contributed by atoms with Crippen LogP contribution in [0.1, 0.15) is 42.7 Å². The van der Waals surface area contributed by atoms with Crippen LogP contribution in [0.3, 0.4) is 0 Å². The topological polar surface area (TPSA) is 108 Å². The number of ether oxygens (including phenoxy) is 1. The number of aliphatic carboxylic acids is 1. The van der Waals surface area contributed by atoms with Crippen LogP contribution in [0.2, 0.25) is 0 Å². The van der Waals surface area contributed by atoms with Gasteiger partial charge in [0.15, 0.2) is 0 Å². The van der Waals surface area contributed by atoms with Crippen molar-refractivity contribution in [3.8, 4) is 11.1 Å². The molecular formula is C27H33N3O5. The molecule has 2 aliphatic rings. The van der Waals surface area contributed by atoms with Gasteiger partial charge in [0.25, 0.3) is 0 Å². The summed E-state index contributed by atoms with van der Waals surface area (Å²) in [6.45, 7) is 0.417. The number of carbonyl (C=O) groups is 3. The Morgan fingerprint density at radius 2 is 1.60 bits per heavy atom. The Labute approximate surface area is 205 Å². The number of carbonyl (C=O) groups excluding carboxylic acids is 2. The van der Waals surface area contributed by atoms with Crippen LogP contribution in [0.5, 0.6) is 0 Å². The summed E-state index contributed by atoms with van der Waals surface area (Å²) in [5.41, 5.74) is 4.51. The molecule has 0 aliphatic heterocycles. The molecule has 3 atom stereocenters. The molecule has 8 heteroatoms. The van der Waals surface area contributed by atoms with Gasteiger partial charge in [0.05, 0.1) is 5.92 Å². The standard InChI is InChI=1S/C27H33N3O5/c1-30(2)15-24(25(31)28-23-14-8-7-13-21(23)26(32)33)29-27(34)35-16-22-19-11-5-3-9-17(19)18-10-4-6-12-20(18)22/h3-6,9-12,21-24H,7-8,13-16H2,1-2H3,(H,28,31)(H,29,34)(H,32,33)/t21-,23+,24?/m0/s1. The van der Waals surface area contributed by atoms with Crippen molar-refractivity contribution in [1.82, 2.24) is 15.5 Å². The summed E-state index contributed by atoms with van der Waals surface area (Å²) in [5.74, 6) is -1.98. The molecule has 0 saturated heterocycles. The van der Waals surface area contributed by atoms with Crippen LogP contribution in [0.15, 0.2) is 48.5 Å². The lowest BCUT2D eigenvalue weighted by Gasteiger charge is -2.31. The number of hydrogen-bond acceptors (Lipinski definition) is 5. The lowest BCUT2D eigenvalue weighted by Crippen LogP contribution is -2.56. The van der Waals surface area contributed by atoms with E-state index in [1.54, 1.807) is 19.0 Å². The summed E-state index contributed by atoms with van der Waals surface area (Å²) in [6.07, 6.45) is 2.18. The third kappa shape index (κ3) is 5.65. The minimum absolute atomic E-state index is 0.0761. The maximum atomic E-state index is 13.0. The quantitative estimate of drug-likeness (QED) is 0.537. The first-order chi connectivity index (χ1) is 16.8. The van der Waals surface area contributed by atoms with Gasteiger partial charge >= 0.3 is 12.1 Å². The van der Waals surface area contributed by atoms with Crippen LogP contribution in [0.4, 0.5) is 4.79 Å².